The zero-order valence-electron chi connectivity index (χ0n) is 16.7. The molecule has 0 aromatic heterocycles. The molecule has 0 saturated carbocycles. The van der Waals surface area contributed by atoms with E-state index in [0.717, 1.165) is 16.7 Å². The largest absolute Gasteiger partial charge is 0.489 e. The fraction of sp³-hybridized carbons (Fsp3) is 0.125. The molecular weight excluding hydrogens is 410 g/mol. The summed E-state index contributed by atoms with van der Waals surface area (Å²) in [5.74, 6) is 1.65. The van der Waals surface area contributed by atoms with Crippen molar-refractivity contribution in [1.29, 1.82) is 0 Å². The molecule has 0 atom stereocenters. The molecule has 0 spiro atoms. The van der Waals surface area contributed by atoms with Crippen molar-refractivity contribution >= 4 is 29.1 Å². The third-order valence-electron chi connectivity index (χ3n) is 4.40. The van der Waals surface area contributed by atoms with Crippen LogP contribution in [0.4, 0.5) is 0 Å². The van der Waals surface area contributed by atoms with Gasteiger partial charge in [0.05, 0.1) is 12.0 Å². The van der Waals surface area contributed by atoms with E-state index in [9.17, 15) is 4.79 Å². The Morgan fingerprint density at radius 3 is 2.23 bits per heavy atom. The van der Waals surface area contributed by atoms with Crippen molar-refractivity contribution in [2.24, 2.45) is 10.2 Å². The number of nitrogens with zero attached hydrogens (tertiary/aromatic N) is 2. The zero-order valence-corrected chi connectivity index (χ0v) is 17.5. The van der Waals surface area contributed by atoms with Crippen molar-refractivity contribution in [3.05, 3.63) is 95.6 Å². The standard InChI is InChI=1S/C24H21N3O3S/c28-23-17-31-24(26-23)27-25-14-20-11-12-21(29-15-18-7-3-1-4-8-18)13-22(20)30-16-19-9-5-2-6-10-19/h1-14H,15-17H2,(H,26,27,28)/b25-14-. The quantitative estimate of drug-likeness (QED) is 0.424. The number of ether oxygens (including phenoxy) is 2. The number of hydrogen-bond acceptors (Lipinski definition) is 6. The van der Waals surface area contributed by atoms with Crippen LogP contribution in [0.3, 0.4) is 0 Å². The maximum atomic E-state index is 11.3. The van der Waals surface area contributed by atoms with Gasteiger partial charge in [-0.25, -0.2) is 0 Å². The maximum absolute atomic E-state index is 11.3. The number of thioether (sulfide) groups is 1. The van der Waals surface area contributed by atoms with Gasteiger partial charge >= 0.3 is 0 Å². The Kier molecular flexibility index (Phi) is 6.97. The molecule has 3 aromatic carbocycles. The van der Waals surface area contributed by atoms with Gasteiger partial charge in [-0.2, -0.15) is 5.10 Å². The first-order valence-corrected chi connectivity index (χ1v) is 10.8. The SMILES string of the molecule is O=C1CSC(=N/N=C\c2ccc(OCc3ccccc3)cc2OCc2ccccc2)N1. The highest BCUT2D eigenvalue weighted by Gasteiger charge is 2.16. The fourth-order valence-electron chi connectivity index (χ4n) is 2.84. The lowest BCUT2D eigenvalue weighted by Gasteiger charge is -2.12. The number of hydrogen-bond donors (Lipinski definition) is 1. The molecule has 156 valence electrons. The first-order valence-electron chi connectivity index (χ1n) is 9.77. The normalized spacial score (nSPS) is 14.7. The van der Waals surface area contributed by atoms with Crippen molar-refractivity contribution in [3.8, 4) is 11.5 Å². The van der Waals surface area contributed by atoms with E-state index >= 15 is 0 Å². The van der Waals surface area contributed by atoms with Gasteiger partial charge in [-0.05, 0) is 23.3 Å². The summed E-state index contributed by atoms with van der Waals surface area (Å²) in [5.41, 5.74) is 2.92. The molecule has 1 saturated heterocycles. The van der Waals surface area contributed by atoms with Crippen LogP contribution in [0.15, 0.2) is 89.1 Å². The summed E-state index contributed by atoms with van der Waals surface area (Å²) < 4.78 is 12.0. The smallest absolute Gasteiger partial charge is 0.236 e. The molecule has 7 heteroatoms. The molecule has 0 aliphatic carbocycles. The number of nitrogens with one attached hydrogen (secondary N) is 1. The Bertz CT molecular complexity index is 1090. The highest BCUT2D eigenvalue weighted by molar-refractivity contribution is 8.15. The topological polar surface area (TPSA) is 72.3 Å². The highest BCUT2D eigenvalue weighted by Crippen LogP contribution is 2.26. The van der Waals surface area contributed by atoms with Gasteiger partial charge in [0.15, 0.2) is 5.17 Å². The van der Waals surface area contributed by atoms with E-state index in [4.69, 9.17) is 9.47 Å². The summed E-state index contributed by atoms with van der Waals surface area (Å²) in [7, 11) is 0. The van der Waals surface area contributed by atoms with Crippen LogP contribution < -0.4 is 14.8 Å². The Morgan fingerprint density at radius 1 is 0.903 bits per heavy atom. The molecule has 0 radical (unpaired) electrons. The minimum absolute atomic E-state index is 0.0641. The van der Waals surface area contributed by atoms with Crippen molar-refractivity contribution in [3.63, 3.8) is 0 Å². The fourth-order valence-corrected chi connectivity index (χ4v) is 3.47. The highest BCUT2D eigenvalue weighted by atomic mass is 32.2. The van der Waals surface area contributed by atoms with Gasteiger partial charge in [-0.1, -0.05) is 72.4 Å². The first-order chi connectivity index (χ1) is 15.3. The lowest BCUT2D eigenvalue weighted by Crippen LogP contribution is -2.19. The molecule has 0 unspecified atom stereocenters. The van der Waals surface area contributed by atoms with Crippen molar-refractivity contribution in [1.82, 2.24) is 5.32 Å². The van der Waals surface area contributed by atoms with Gasteiger partial charge in [0.25, 0.3) is 0 Å². The van der Waals surface area contributed by atoms with Crippen LogP contribution in [-0.2, 0) is 18.0 Å². The molecule has 1 fully saturated rings. The number of rotatable bonds is 8. The molecular formula is C24H21N3O3S. The molecule has 1 heterocycles. The van der Waals surface area contributed by atoms with Crippen LogP contribution in [-0.4, -0.2) is 23.0 Å². The second kappa shape index (κ2) is 10.4. The summed E-state index contributed by atoms with van der Waals surface area (Å²) in [5, 5.41) is 11.3. The second-order valence-corrected chi connectivity index (χ2v) is 7.70. The Balaban J connectivity index is 1.50. The number of carbonyl (C=O) groups is 1. The summed E-state index contributed by atoms with van der Waals surface area (Å²) >= 11 is 1.33. The van der Waals surface area contributed by atoms with Crippen LogP contribution in [0.1, 0.15) is 16.7 Å². The Morgan fingerprint density at radius 2 is 1.58 bits per heavy atom. The number of amides is 1. The van der Waals surface area contributed by atoms with E-state index in [1.807, 2.05) is 78.9 Å². The molecule has 6 nitrogen and oxygen atoms in total. The van der Waals surface area contributed by atoms with Gasteiger partial charge < -0.3 is 14.8 Å². The predicted molar refractivity (Wildman–Crippen MR) is 124 cm³/mol. The molecule has 1 aliphatic rings. The van der Waals surface area contributed by atoms with Crippen LogP contribution in [0.2, 0.25) is 0 Å². The lowest BCUT2D eigenvalue weighted by molar-refractivity contribution is -0.116. The van der Waals surface area contributed by atoms with Gasteiger partial charge in [-0.3, -0.25) is 4.79 Å². The van der Waals surface area contributed by atoms with Gasteiger partial charge in [0.2, 0.25) is 5.91 Å². The zero-order chi connectivity index (χ0) is 21.3. The molecule has 1 amide bonds. The minimum atomic E-state index is -0.0641. The second-order valence-electron chi connectivity index (χ2n) is 6.73. The summed E-state index contributed by atoms with van der Waals surface area (Å²) in [6.45, 7) is 0.890. The maximum Gasteiger partial charge on any atom is 0.236 e. The predicted octanol–water partition coefficient (Wildman–Crippen LogP) is 4.40. The first kappa shape index (κ1) is 20.7. The third kappa shape index (κ3) is 6.20. The summed E-state index contributed by atoms with van der Waals surface area (Å²) in [6.07, 6.45) is 1.61. The molecule has 0 bridgehead atoms. The van der Waals surface area contributed by atoms with Gasteiger partial charge in [0, 0.05) is 11.6 Å². The van der Waals surface area contributed by atoms with Crippen LogP contribution in [0.25, 0.3) is 0 Å². The Hall–Kier alpha value is -3.58. The van der Waals surface area contributed by atoms with Crippen LogP contribution >= 0.6 is 11.8 Å². The van der Waals surface area contributed by atoms with Crippen molar-refractivity contribution < 1.29 is 14.3 Å². The molecule has 1 N–H and O–H groups in total. The minimum Gasteiger partial charge on any atom is -0.489 e. The Labute approximate surface area is 185 Å². The van der Waals surface area contributed by atoms with E-state index in [1.54, 1.807) is 6.21 Å². The lowest BCUT2D eigenvalue weighted by atomic mass is 10.2. The number of benzene rings is 3. The monoisotopic (exact) mass is 431 g/mol. The van der Waals surface area contributed by atoms with Crippen LogP contribution in [0.5, 0.6) is 11.5 Å². The number of amidine groups is 1. The van der Waals surface area contributed by atoms with E-state index < -0.39 is 0 Å². The van der Waals surface area contributed by atoms with E-state index in [-0.39, 0.29) is 5.91 Å². The van der Waals surface area contributed by atoms with Crippen LogP contribution in [0, 0.1) is 0 Å². The summed E-state index contributed by atoms with van der Waals surface area (Å²) in [6, 6.07) is 25.5. The summed E-state index contributed by atoms with van der Waals surface area (Å²) in [4.78, 5) is 11.3. The van der Waals surface area contributed by atoms with E-state index in [1.165, 1.54) is 11.8 Å². The average molecular weight is 432 g/mol. The molecule has 3 aromatic rings. The molecule has 31 heavy (non-hydrogen) atoms. The van der Waals surface area contributed by atoms with E-state index in [2.05, 4.69) is 15.5 Å². The van der Waals surface area contributed by atoms with Crippen molar-refractivity contribution in [2.45, 2.75) is 13.2 Å². The van der Waals surface area contributed by atoms with Gasteiger partial charge in [0.1, 0.15) is 24.7 Å². The molecule has 1 aliphatic heterocycles. The average Bonchev–Trinajstić information content (AvgIpc) is 3.23. The van der Waals surface area contributed by atoms with E-state index in [0.29, 0.717) is 35.6 Å². The molecule has 4 rings (SSSR count). The number of carbonyl (C=O) groups excluding carboxylic acids is 1. The van der Waals surface area contributed by atoms with Crippen molar-refractivity contribution in [2.75, 3.05) is 5.75 Å². The third-order valence-corrected chi connectivity index (χ3v) is 5.27. The van der Waals surface area contributed by atoms with Gasteiger partial charge in [-0.15, -0.1) is 5.10 Å².